The number of ether oxygens (including phenoxy) is 1. The van der Waals surface area contributed by atoms with Crippen molar-refractivity contribution in [2.75, 3.05) is 12.8 Å². The molecular weight excluding hydrogens is 352 g/mol. The molecule has 0 unspecified atom stereocenters. The van der Waals surface area contributed by atoms with Crippen LogP contribution in [-0.2, 0) is 20.9 Å². The van der Waals surface area contributed by atoms with E-state index in [9.17, 15) is 14.4 Å². The first-order valence-corrected chi connectivity index (χ1v) is 10.1. The second-order valence-corrected chi connectivity index (χ2v) is 7.97. The van der Waals surface area contributed by atoms with E-state index in [1.54, 1.807) is 11.8 Å². The number of carbonyl (C=O) groups is 3. The molecule has 1 saturated heterocycles. The van der Waals surface area contributed by atoms with Crippen LogP contribution in [0.4, 0.5) is 4.79 Å². The Morgan fingerprint density at radius 2 is 1.92 bits per heavy atom. The van der Waals surface area contributed by atoms with E-state index in [0.29, 0.717) is 18.8 Å². The minimum atomic E-state index is -0.822. The van der Waals surface area contributed by atoms with E-state index in [1.165, 1.54) is 0 Å². The van der Waals surface area contributed by atoms with Gasteiger partial charge in [0.15, 0.2) is 0 Å². The summed E-state index contributed by atoms with van der Waals surface area (Å²) in [4.78, 5) is 39.2. The Kier molecular flexibility index (Phi) is 5.55. The molecule has 1 aromatic carbocycles. The molecule has 1 spiro atoms. The first kappa shape index (κ1) is 18.8. The predicted octanol–water partition coefficient (Wildman–Crippen LogP) is 2.95. The molecule has 1 saturated carbocycles. The van der Waals surface area contributed by atoms with E-state index >= 15 is 0 Å². The molecule has 1 aliphatic carbocycles. The Morgan fingerprint density at radius 1 is 1.27 bits per heavy atom. The highest BCUT2D eigenvalue weighted by atomic mass is 32.2. The fourth-order valence-electron chi connectivity index (χ4n) is 3.47. The summed E-state index contributed by atoms with van der Waals surface area (Å²) in [6, 6.07) is 7.21. The smallest absolute Gasteiger partial charge is 0.326 e. The van der Waals surface area contributed by atoms with Crippen LogP contribution in [0.5, 0.6) is 0 Å². The van der Waals surface area contributed by atoms with Gasteiger partial charge >= 0.3 is 12.0 Å². The van der Waals surface area contributed by atoms with Gasteiger partial charge in [-0.05, 0) is 55.6 Å². The molecule has 1 N–H and O–H groups in total. The molecule has 0 bridgehead atoms. The second kappa shape index (κ2) is 7.70. The molecule has 6 nitrogen and oxygen atoms in total. The molecule has 0 radical (unpaired) electrons. The molecule has 26 heavy (non-hydrogen) atoms. The minimum Gasteiger partial charge on any atom is -0.459 e. The first-order chi connectivity index (χ1) is 12.4. The number of carbonyl (C=O) groups excluding carboxylic acids is 3. The molecule has 7 heteroatoms. The fourth-order valence-corrected chi connectivity index (χ4v) is 3.88. The number of imide groups is 1. The third-order valence-corrected chi connectivity index (χ3v) is 5.96. The van der Waals surface area contributed by atoms with E-state index in [2.05, 4.69) is 12.2 Å². The van der Waals surface area contributed by atoms with Gasteiger partial charge in [0.05, 0.1) is 0 Å². The largest absolute Gasteiger partial charge is 0.459 e. The molecule has 1 heterocycles. The van der Waals surface area contributed by atoms with Crippen LogP contribution in [0.2, 0.25) is 0 Å². The summed E-state index contributed by atoms with van der Waals surface area (Å²) >= 11 is 1.64. The topological polar surface area (TPSA) is 75.7 Å². The van der Waals surface area contributed by atoms with E-state index in [0.717, 1.165) is 28.2 Å². The van der Waals surface area contributed by atoms with Crippen LogP contribution in [0, 0.1) is 5.92 Å². The molecule has 2 fully saturated rings. The summed E-state index contributed by atoms with van der Waals surface area (Å²) < 4.78 is 5.23. The van der Waals surface area contributed by atoms with Crippen molar-refractivity contribution in [1.82, 2.24) is 10.2 Å². The lowest BCUT2D eigenvalue weighted by Gasteiger charge is -2.33. The number of rotatable bonds is 5. The monoisotopic (exact) mass is 376 g/mol. The Balaban J connectivity index is 1.55. The zero-order valence-corrected chi connectivity index (χ0v) is 15.9. The maximum absolute atomic E-state index is 12.7. The van der Waals surface area contributed by atoms with Crippen molar-refractivity contribution in [1.29, 1.82) is 0 Å². The van der Waals surface area contributed by atoms with Crippen molar-refractivity contribution in [3.8, 4) is 0 Å². The summed E-state index contributed by atoms with van der Waals surface area (Å²) in [6.45, 7) is 1.93. The van der Waals surface area contributed by atoms with Gasteiger partial charge in [-0.2, -0.15) is 0 Å². The van der Waals surface area contributed by atoms with E-state index in [1.807, 2.05) is 30.5 Å². The van der Waals surface area contributed by atoms with Crippen molar-refractivity contribution in [2.24, 2.45) is 5.92 Å². The Hall–Kier alpha value is -2.02. The third kappa shape index (κ3) is 3.87. The standard InChI is InChI=1S/C19H24N2O4S/c1-13-7-9-19(10-8-13)17(23)21(18(24)20-19)11-16(22)25-12-14-3-5-15(26-2)6-4-14/h3-6,13H,7-12H2,1-2H3,(H,20,24). The lowest BCUT2D eigenvalue weighted by atomic mass is 9.77. The zero-order valence-electron chi connectivity index (χ0n) is 15.1. The molecule has 1 aromatic rings. The Morgan fingerprint density at radius 3 is 2.54 bits per heavy atom. The quantitative estimate of drug-likeness (QED) is 0.486. The highest BCUT2D eigenvalue weighted by molar-refractivity contribution is 7.98. The van der Waals surface area contributed by atoms with E-state index in [-0.39, 0.29) is 19.1 Å². The fraction of sp³-hybridized carbons (Fsp3) is 0.526. The van der Waals surface area contributed by atoms with Gasteiger partial charge < -0.3 is 10.1 Å². The number of benzene rings is 1. The van der Waals surface area contributed by atoms with Gasteiger partial charge in [-0.25, -0.2) is 4.79 Å². The van der Waals surface area contributed by atoms with Gasteiger partial charge in [0.1, 0.15) is 18.7 Å². The molecule has 3 amide bonds. The van der Waals surface area contributed by atoms with Gasteiger partial charge in [0, 0.05) is 4.90 Å². The average molecular weight is 376 g/mol. The Bertz CT molecular complexity index is 696. The molecular formula is C19H24N2O4S. The van der Waals surface area contributed by atoms with Gasteiger partial charge in [-0.3, -0.25) is 14.5 Å². The normalized spacial score (nSPS) is 25.5. The van der Waals surface area contributed by atoms with E-state index in [4.69, 9.17) is 4.74 Å². The summed E-state index contributed by atoms with van der Waals surface area (Å²) in [7, 11) is 0. The van der Waals surface area contributed by atoms with Crippen LogP contribution in [0.15, 0.2) is 29.2 Å². The maximum atomic E-state index is 12.7. The number of nitrogens with one attached hydrogen (secondary N) is 1. The van der Waals surface area contributed by atoms with Crippen molar-refractivity contribution in [2.45, 2.75) is 49.6 Å². The predicted molar refractivity (Wildman–Crippen MR) is 98.6 cm³/mol. The molecule has 140 valence electrons. The van der Waals surface area contributed by atoms with Gasteiger partial charge in [0.2, 0.25) is 0 Å². The molecule has 3 rings (SSSR count). The van der Waals surface area contributed by atoms with Crippen LogP contribution < -0.4 is 5.32 Å². The van der Waals surface area contributed by atoms with Crippen LogP contribution in [0.3, 0.4) is 0 Å². The minimum absolute atomic E-state index is 0.125. The molecule has 0 aromatic heterocycles. The van der Waals surface area contributed by atoms with E-state index < -0.39 is 17.5 Å². The van der Waals surface area contributed by atoms with Crippen molar-refractivity contribution >= 4 is 29.7 Å². The van der Waals surface area contributed by atoms with Gasteiger partial charge in [-0.15, -0.1) is 11.8 Å². The highest BCUT2D eigenvalue weighted by Gasteiger charge is 2.52. The lowest BCUT2D eigenvalue weighted by molar-refractivity contribution is -0.149. The summed E-state index contributed by atoms with van der Waals surface area (Å²) in [5, 5.41) is 2.81. The SMILES string of the molecule is CSc1ccc(COC(=O)CN2C(=O)NC3(CCC(C)CC3)C2=O)cc1. The third-order valence-electron chi connectivity index (χ3n) is 5.22. The number of amides is 3. The second-order valence-electron chi connectivity index (χ2n) is 7.09. The summed E-state index contributed by atoms with van der Waals surface area (Å²) in [6.07, 6.45) is 5.05. The first-order valence-electron chi connectivity index (χ1n) is 8.86. The maximum Gasteiger partial charge on any atom is 0.326 e. The number of hydrogen-bond donors (Lipinski definition) is 1. The van der Waals surface area contributed by atoms with Crippen molar-refractivity contribution in [3.63, 3.8) is 0 Å². The molecule has 1 aliphatic heterocycles. The van der Waals surface area contributed by atoms with Crippen molar-refractivity contribution < 1.29 is 19.1 Å². The number of thioether (sulfide) groups is 1. The van der Waals surface area contributed by atoms with Crippen LogP contribution in [-0.4, -0.2) is 41.1 Å². The zero-order chi connectivity index (χ0) is 18.7. The number of hydrogen-bond acceptors (Lipinski definition) is 5. The Labute approximate surface area is 157 Å². The number of urea groups is 1. The molecule has 0 atom stereocenters. The van der Waals surface area contributed by atoms with Gasteiger partial charge in [0.25, 0.3) is 5.91 Å². The van der Waals surface area contributed by atoms with Crippen LogP contribution >= 0.6 is 11.8 Å². The summed E-state index contributed by atoms with van der Waals surface area (Å²) in [5.41, 5.74) is 0.0448. The van der Waals surface area contributed by atoms with Crippen molar-refractivity contribution in [3.05, 3.63) is 29.8 Å². The number of esters is 1. The van der Waals surface area contributed by atoms with Gasteiger partial charge in [-0.1, -0.05) is 19.1 Å². The van der Waals surface area contributed by atoms with Crippen LogP contribution in [0.25, 0.3) is 0 Å². The number of nitrogens with zero attached hydrogens (tertiary/aromatic N) is 1. The highest BCUT2D eigenvalue weighted by Crippen LogP contribution is 2.36. The molecule has 2 aliphatic rings. The average Bonchev–Trinajstić information content (AvgIpc) is 2.87. The summed E-state index contributed by atoms with van der Waals surface area (Å²) in [5.74, 6) is -0.318. The van der Waals surface area contributed by atoms with Crippen LogP contribution in [0.1, 0.15) is 38.2 Å². The lowest BCUT2D eigenvalue weighted by Crippen LogP contribution is -2.49.